The van der Waals surface area contributed by atoms with Crippen LogP contribution in [0.15, 0.2) is 47.4 Å². The van der Waals surface area contributed by atoms with Gasteiger partial charge < -0.3 is 10.2 Å². The van der Waals surface area contributed by atoms with E-state index in [-0.39, 0.29) is 16.1 Å². The summed E-state index contributed by atoms with van der Waals surface area (Å²) in [4.78, 5) is 10.6. The van der Waals surface area contributed by atoms with Gasteiger partial charge in [0, 0.05) is 0 Å². The standard InChI is InChI=1S/C13H10FNO5S/c14-9-2-4-10(5-3-9)21(19,20)15-11-7-8(13(17)18)1-6-12(11)16/h1-7,15-16H,(H,17,18). The van der Waals surface area contributed by atoms with E-state index >= 15 is 0 Å². The van der Waals surface area contributed by atoms with Crippen LogP contribution in [0.1, 0.15) is 10.4 Å². The molecule has 21 heavy (non-hydrogen) atoms. The average molecular weight is 311 g/mol. The summed E-state index contributed by atoms with van der Waals surface area (Å²) < 4.78 is 38.9. The Morgan fingerprint density at radius 1 is 1.10 bits per heavy atom. The van der Waals surface area contributed by atoms with Crippen molar-refractivity contribution in [3.05, 3.63) is 53.8 Å². The molecule has 0 spiro atoms. The second kappa shape index (κ2) is 5.41. The fourth-order valence-electron chi connectivity index (χ4n) is 1.57. The molecule has 6 nitrogen and oxygen atoms in total. The topological polar surface area (TPSA) is 104 Å². The van der Waals surface area contributed by atoms with E-state index in [0.717, 1.165) is 42.5 Å². The maximum atomic E-state index is 12.8. The molecule has 0 heterocycles. The van der Waals surface area contributed by atoms with Crippen LogP contribution >= 0.6 is 0 Å². The quantitative estimate of drug-likeness (QED) is 0.750. The van der Waals surface area contributed by atoms with E-state index in [1.165, 1.54) is 0 Å². The summed E-state index contributed by atoms with van der Waals surface area (Å²) >= 11 is 0. The largest absolute Gasteiger partial charge is 0.506 e. The van der Waals surface area contributed by atoms with E-state index in [2.05, 4.69) is 4.72 Å². The molecule has 0 bridgehead atoms. The van der Waals surface area contributed by atoms with Gasteiger partial charge in [0.05, 0.1) is 16.1 Å². The normalized spacial score (nSPS) is 11.1. The first-order chi connectivity index (χ1) is 9.79. The highest BCUT2D eigenvalue weighted by Gasteiger charge is 2.17. The number of carboxylic acid groups (broad SMARTS) is 1. The van der Waals surface area contributed by atoms with Gasteiger partial charge in [-0.15, -0.1) is 0 Å². The van der Waals surface area contributed by atoms with Crippen LogP contribution < -0.4 is 4.72 Å². The molecule has 0 saturated heterocycles. The Morgan fingerprint density at radius 3 is 2.29 bits per heavy atom. The van der Waals surface area contributed by atoms with Crippen molar-refractivity contribution in [1.82, 2.24) is 0 Å². The van der Waals surface area contributed by atoms with Crippen LogP contribution in [0.4, 0.5) is 10.1 Å². The van der Waals surface area contributed by atoms with E-state index in [1.807, 2.05) is 0 Å². The summed E-state index contributed by atoms with van der Waals surface area (Å²) in [6.07, 6.45) is 0. The highest BCUT2D eigenvalue weighted by atomic mass is 32.2. The van der Waals surface area contributed by atoms with Crippen molar-refractivity contribution in [2.75, 3.05) is 4.72 Å². The average Bonchev–Trinajstić information content (AvgIpc) is 2.41. The fourth-order valence-corrected chi connectivity index (χ4v) is 2.63. The Labute approximate surface area is 119 Å². The van der Waals surface area contributed by atoms with Gasteiger partial charge in [-0.3, -0.25) is 4.72 Å². The lowest BCUT2D eigenvalue weighted by atomic mass is 10.2. The predicted octanol–water partition coefficient (Wildman–Crippen LogP) is 2.03. The van der Waals surface area contributed by atoms with Crippen LogP contribution in [-0.2, 0) is 10.0 Å². The van der Waals surface area contributed by atoms with E-state index in [4.69, 9.17) is 5.11 Å². The third-order valence-corrected chi connectivity index (χ3v) is 3.99. The molecule has 0 saturated carbocycles. The van der Waals surface area contributed by atoms with E-state index in [1.54, 1.807) is 0 Å². The number of halogens is 1. The molecular weight excluding hydrogens is 301 g/mol. The Morgan fingerprint density at radius 2 is 1.71 bits per heavy atom. The second-order valence-electron chi connectivity index (χ2n) is 4.10. The summed E-state index contributed by atoms with van der Waals surface area (Å²) in [5, 5.41) is 18.4. The zero-order chi connectivity index (χ0) is 15.6. The minimum Gasteiger partial charge on any atom is -0.506 e. The van der Waals surface area contributed by atoms with Crippen molar-refractivity contribution in [2.45, 2.75) is 4.90 Å². The van der Waals surface area contributed by atoms with Crippen molar-refractivity contribution in [1.29, 1.82) is 0 Å². The number of hydrogen-bond donors (Lipinski definition) is 3. The number of sulfonamides is 1. The monoisotopic (exact) mass is 311 g/mol. The Bertz CT molecular complexity index is 787. The number of carboxylic acids is 1. The van der Waals surface area contributed by atoms with Crippen LogP contribution in [0.25, 0.3) is 0 Å². The van der Waals surface area contributed by atoms with Gasteiger partial charge in [0.1, 0.15) is 11.6 Å². The lowest BCUT2D eigenvalue weighted by molar-refractivity contribution is 0.0697. The first kappa shape index (κ1) is 14.8. The molecule has 0 aliphatic rings. The van der Waals surface area contributed by atoms with Crippen LogP contribution in [-0.4, -0.2) is 24.6 Å². The molecule has 8 heteroatoms. The van der Waals surface area contributed by atoms with Crippen molar-refractivity contribution < 1.29 is 27.8 Å². The number of aromatic hydroxyl groups is 1. The minimum atomic E-state index is -4.06. The first-order valence-corrected chi connectivity index (χ1v) is 7.12. The van der Waals surface area contributed by atoms with Crippen molar-refractivity contribution in [2.24, 2.45) is 0 Å². The van der Waals surface area contributed by atoms with Crippen LogP contribution in [0.2, 0.25) is 0 Å². The van der Waals surface area contributed by atoms with Crippen LogP contribution in [0.3, 0.4) is 0 Å². The number of phenols is 1. The third kappa shape index (κ3) is 3.29. The number of hydrogen-bond acceptors (Lipinski definition) is 4. The molecule has 2 rings (SSSR count). The first-order valence-electron chi connectivity index (χ1n) is 5.64. The molecule has 110 valence electrons. The minimum absolute atomic E-state index is 0.190. The number of carbonyl (C=O) groups is 1. The lowest BCUT2D eigenvalue weighted by Crippen LogP contribution is -2.13. The van der Waals surface area contributed by atoms with E-state index < -0.39 is 27.6 Å². The summed E-state index contributed by atoms with van der Waals surface area (Å²) in [5.41, 5.74) is -0.469. The molecule has 0 amide bonds. The van der Waals surface area contributed by atoms with Gasteiger partial charge in [0.15, 0.2) is 0 Å². The Hall–Kier alpha value is -2.61. The van der Waals surface area contributed by atoms with Crippen LogP contribution in [0.5, 0.6) is 5.75 Å². The molecular formula is C13H10FNO5S. The maximum Gasteiger partial charge on any atom is 0.335 e. The number of nitrogens with one attached hydrogen (secondary N) is 1. The van der Waals surface area contributed by atoms with Crippen LogP contribution in [0, 0.1) is 5.82 Å². The highest BCUT2D eigenvalue weighted by molar-refractivity contribution is 7.92. The smallest absolute Gasteiger partial charge is 0.335 e. The Balaban J connectivity index is 2.38. The fraction of sp³-hybridized carbons (Fsp3) is 0. The number of anilines is 1. The van der Waals surface area contributed by atoms with Crippen molar-refractivity contribution in [3.63, 3.8) is 0 Å². The molecule has 2 aromatic carbocycles. The summed E-state index contributed by atoms with van der Waals surface area (Å²) in [6.45, 7) is 0. The van der Waals surface area contributed by atoms with E-state index in [0.29, 0.717) is 0 Å². The van der Waals surface area contributed by atoms with Gasteiger partial charge >= 0.3 is 5.97 Å². The van der Waals surface area contributed by atoms with Gasteiger partial charge in [0.25, 0.3) is 10.0 Å². The summed E-state index contributed by atoms with van der Waals surface area (Å²) in [5.74, 6) is -2.28. The molecule has 2 aromatic rings. The third-order valence-electron chi connectivity index (χ3n) is 2.61. The van der Waals surface area contributed by atoms with E-state index in [9.17, 15) is 22.7 Å². The molecule has 0 atom stereocenters. The van der Waals surface area contributed by atoms with Gasteiger partial charge in [0.2, 0.25) is 0 Å². The highest BCUT2D eigenvalue weighted by Crippen LogP contribution is 2.27. The number of aromatic carboxylic acids is 1. The lowest BCUT2D eigenvalue weighted by Gasteiger charge is -2.10. The summed E-state index contributed by atoms with van der Waals surface area (Å²) in [6, 6.07) is 7.23. The van der Waals surface area contributed by atoms with Gasteiger partial charge in [-0.05, 0) is 42.5 Å². The molecule has 3 N–H and O–H groups in total. The SMILES string of the molecule is O=C(O)c1ccc(O)c(NS(=O)(=O)c2ccc(F)cc2)c1. The van der Waals surface area contributed by atoms with Gasteiger partial charge in [-0.1, -0.05) is 0 Å². The maximum absolute atomic E-state index is 12.8. The van der Waals surface area contributed by atoms with Gasteiger partial charge in [-0.25, -0.2) is 17.6 Å². The number of benzene rings is 2. The predicted molar refractivity (Wildman–Crippen MR) is 72.3 cm³/mol. The number of rotatable bonds is 4. The molecule has 0 aliphatic carbocycles. The Kier molecular flexibility index (Phi) is 3.81. The second-order valence-corrected chi connectivity index (χ2v) is 5.78. The van der Waals surface area contributed by atoms with Gasteiger partial charge in [-0.2, -0.15) is 0 Å². The molecule has 0 aromatic heterocycles. The molecule has 0 fully saturated rings. The number of phenolic OH excluding ortho intramolecular Hbond substituents is 1. The van der Waals surface area contributed by atoms with Crippen molar-refractivity contribution in [3.8, 4) is 5.75 Å². The molecule has 0 aliphatic heterocycles. The zero-order valence-corrected chi connectivity index (χ0v) is 11.3. The van der Waals surface area contributed by atoms with Crippen molar-refractivity contribution >= 4 is 21.7 Å². The molecule has 0 radical (unpaired) electrons. The molecule has 0 unspecified atom stereocenters. The summed E-state index contributed by atoms with van der Waals surface area (Å²) in [7, 11) is -4.06. The zero-order valence-electron chi connectivity index (χ0n) is 10.4.